The van der Waals surface area contributed by atoms with Gasteiger partial charge in [0.25, 0.3) is 0 Å². The Kier molecular flexibility index (Phi) is 10.5. The fraction of sp³-hybridized carbons (Fsp3) is 1.00. The molecule has 0 aliphatic rings. The van der Waals surface area contributed by atoms with Crippen molar-refractivity contribution in [2.24, 2.45) is 0 Å². The average molecular weight is 245 g/mol. The SMILES string of the molecule is CCCCCC[N+](C)(C[SiH3])CCCCCC. The molecular weight excluding hydrogens is 210 g/mol. The van der Waals surface area contributed by atoms with E-state index in [9.17, 15) is 0 Å². The summed E-state index contributed by atoms with van der Waals surface area (Å²) in [4.78, 5) is 0. The quantitative estimate of drug-likeness (QED) is 0.298. The lowest BCUT2D eigenvalue weighted by Gasteiger charge is -2.34. The first-order chi connectivity index (χ1) is 7.68. The molecule has 0 saturated carbocycles. The Morgan fingerprint density at radius 3 is 1.50 bits per heavy atom. The molecule has 0 atom stereocenters. The van der Waals surface area contributed by atoms with E-state index in [1.807, 2.05) is 0 Å². The summed E-state index contributed by atoms with van der Waals surface area (Å²) in [6, 6.07) is 0. The smallest absolute Gasteiger partial charge is 0.0781 e. The number of rotatable bonds is 11. The third kappa shape index (κ3) is 8.34. The van der Waals surface area contributed by atoms with Gasteiger partial charge in [0.2, 0.25) is 0 Å². The second-order valence-electron chi connectivity index (χ2n) is 5.50. The van der Waals surface area contributed by atoms with Crippen molar-refractivity contribution in [1.29, 1.82) is 0 Å². The monoisotopic (exact) mass is 244 g/mol. The van der Waals surface area contributed by atoms with Gasteiger partial charge < -0.3 is 4.48 Å². The number of hydrogen-bond acceptors (Lipinski definition) is 0. The third-order valence-corrected chi connectivity index (χ3v) is 5.39. The van der Waals surface area contributed by atoms with E-state index in [0.717, 1.165) is 0 Å². The van der Waals surface area contributed by atoms with Crippen LogP contribution in [-0.2, 0) is 0 Å². The molecule has 0 unspecified atom stereocenters. The van der Waals surface area contributed by atoms with Crippen molar-refractivity contribution in [3.8, 4) is 0 Å². The molecule has 0 amide bonds. The second-order valence-corrected chi connectivity index (χ2v) is 6.14. The first kappa shape index (κ1) is 16.2. The summed E-state index contributed by atoms with van der Waals surface area (Å²) in [5.74, 6) is 0. The van der Waals surface area contributed by atoms with Gasteiger partial charge in [-0.2, -0.15) is 0 Å². The molecule has 0 aliphatic heterocycles. The standard InChI is InChI=1S/C14H34NSi/c1-4-6-8-10-12-15(3,14-16)13-11-9-7-5-2/h4-14H2,1-3,16H3/q+1. The predicted octanol–water partition coefficient (Wildman–Crippen LogP) is 2.92. The minimum absolute atomic E-state index is 1.36. The van der Waals surface area contributed by atoms with Crippen LogP contribution in [0.15, 0.2) is 0 Å². The topological polar surface area (TPSA) is 0 Å². The normalized spacial score (nSPS) is 12.2. The molecule has 0 bridgehead atoms. The van der Waals surface area contributed by atoms with Crippen LogP contribution in [0.3, 0.4) is 0 Å². The van der Waals surface area contributed by atoms with Crippen molar-refractivity contribution < 1.29 is 4.48 Å². The van der Waals surface area contributed by atoms with Crippen LogP contribution in [0.5, 0.6) is 0 Å². The molecule has 2 heteroatoms. The summed E-state index contributed by atoms with van der Waals surface area (Å²) < 4.78 is 1.36. The van der Waals surface area contributed by atoms with Crippen LogP contribution in [0.2, 0.25) is 0 Å². The van der Waals surface area contributed by atoms with Crippen LogP contribution in [-0.4, -0.2) is 41.0 Å². The van der Waals surface area contributed by atoms with Crippen molar-refractivity contribution in [3.63, 3.8) is 0 Å². The fourth-order valence-electron chi connectivity index (χ4n) is 2.27. The predicted molar refractivity (Wildman–Crippen MR) is 79.0 cm³/mol. The van der Waals surface area contributed by atoms with E-state index in [0.29, 0.717) is 0 Å². The van der Waals surface area contributed by atoms with Gasteiger partial charge in [0.1, 0.15) is 0 Å². The van der Waals surface area contributed by atoms with Crippen molar-refractivity contribution in [2.45, 2.75) is 65.2 Å². The highest BCUT2D eigenvalue weighted by atomic mass is 28.1. The van der Waals surface area contributed by atoms with Gasteiger partial charge in [-0.15, -0.1) is 0 Å². The van der Waals surface area contributed by atoms with E-state index in [4.69, 9.17) is 0 Å². The molecule has 0 aromatic rings. The van der Waals surface area contributed by atoms with Crippen LogP contribution in [0.4, 0.5) is 0 Å². The van der Waals surface area contributed by atoms with E-state index >= 15 is 0 Å². The maximum Gasteiger partial charge on any atom is 0.0781 e. The van der Waals surface area contributed by atoms with Gasteiger partial charge in [0, 0.05) is 0 Å². The zero-order chi connectivity index (χ0) is 12.3. The molecule has 0 saturated heterocycles. The van der Waals surface area contributed by atoms with Crippen LogP contribution < -0.4 is 0 Å². The highest BCUT2D eigenvalue weighted by molar-refractivity contribution is 6.08. The van der Waals surface area contributed by atoms with Gasteiger partial charge in [-0.05, 0) is 25.7 Å². The number of unbranched alkanes of at least 4 members (excludes halogenated alkanes) is 6. The molecule has 0 aromatic heterocycles. The largest absolute Gasteiger partial charge is 0.330 e. The molecule has 0 radical (unpaired) electrons. The highest BCUT2D eigenvalue weighted by Crippen LogP contribution is 2.10. The van der Waals surface area contributed by atoms with Gasteiger partial charge in [0.15, 0.2) is 0 Å². The van der Waals surface area contributed by atoms with Crippen LogP contribution in [0.1, 0.15) is 65.2 Å². The van der Waals surface area contributed by atoms with Crippen LogP contribution >= 0.6 is 0 Å². The van der Waals surface area contributed by atoms with Gasteiger partial charge in [-0.1, -0.05) is 39.5 Å². The summed E-state index contributed by atoms with van der Waals surface area (Å²) >= 11 is 0. The molecule has 16 heavy (non-hydrogen) atoms. The molecule has 0 aromatic carbocycles. The second kappa shape index (κ2) is 10.3. The molecule has 0 fully saturated rings. The Bertz CT molecular complexity index is 136. The van der Waals surface area contributed by atoms with E-state index in [2.05, 4.69) is 20.9 Å². The summed E-state index contributed by atoms with van der Waals surface area (Å²) in [7, 11) is 3.83. The molecule has 0 heterocycles. The maximum absolute atomic E-state index is 2.48. The molecule has 98 valence electrons. The highest BCUT2D eigenvalue weighted by Gasteiger charge is 2.17. The molecule has 0 aliphatic carbocycles. The van der Waals surface area contributed by atoms with Gasteiger partial charge in [0.05, 0.1) is 36.5 Å². The zero-order valence-electron chi connectivity index (χ0n) is 12.2. The lowest BCUT2D eigenvalue weighted by molar-refractivity contribution is -0.899. The Morgan fingerprint density at radius 2 is 1.19 bits per heavy atom. The molecule has 1 nitrogen and oxygen atoms in total. The lowest BCUT2D eigenvalue weighted by Crippen LogP contribution is -2.46. The Morgan fingerprint density at radius 1 is 0.750 bits per heavy atom. The number of hydrogen-bond donors (Lipinski definition) is 0. The van der Waals surface area contributed by atoms with E-state index in [-0.39, 0.29) is 0 Å². The minimum atomic E-state index is 1.36. The summed E-state index contributed by atoms with van der Waals surface area (Å²) in [5.41, 5.74) is 0. The van der Waals surface area contributed by atoms with Gasteiger partial charge in [-0.3, -0.25) is 0 Å². The number of quaternary nitrogens is 1. The van der Waals surface area contributed by atoms with Gasteiger partial charge >= 0.3 is 0 Å². The van der Waals surface area contributed by atoms with Crippen molar-refractivity contribution in [1.82, 2.24) is 0 Å². The minimum Gasteiger partial charge on any atom is -0.330 e. The summed E-state index contributed by atoms with van der Waals surface area (Å²) in [5, 5.41) is 0. The summed E-state index contributed by atoms with van der Waals surface area (Å²) in [6.45, 7) is 7.45. The Hall–Kier alpha value is 0.177. The van der Waals surface area contributed by atoms with Crippen molar-refractivity contribution in [3.05, 3.63) is 0 Å². The van der Waals surface area contributed by atoms with Crippen LogP contribution in [0.25, 0.3) is 0 Å². The maximum atomic E-state index is 2.48. The first-order valence-corrected chi connectivity index (χ1v) is 8.93. The average Bonchev–Trinajstić information content (AvgIpc) is 2.31. The first-order valence-electron chi connectivity index (χ1n) is 7.52. The molecular formula is C14H34NSi+. The zero-order valence-corrected chi connectivity index (χ0v) is 14.2. The third-order valence-electron chi connectivity index (χ3n) is 3.87. The Labute approximate surface area is 107 Å². The van der Waals surface area contributed by atoms with E-state index < -0.39 is 0 Å². The van der Waals surface area contributed by atoms with E-state index in [1.54, 1.807) is 0 Å². The van der Waals surface area contributed by atoms with Crippen molar-refractivity contribution >= 4 is 10.2 Å². The van der Waals surface area contributed by atoms with E-state index in [1.165, 1.54) is 85.3 Å². The Balaban J connectivity index is 3.64. The van der Waals surface area contributed by atoms with Crippen molar-refractivity contribution in [2.75, 3.05) is 26.3 Å². The lowest BCUT2D eigenvalue weighted by atomic mass is 10.1. The summed E-state index contributed by atoms with van der Waals surface area (Å²) in [6.07, 6.45) is 12.8. The number of nitrogens with zero attached hydrogens (tertiary/aromatic N) is 1. The van der Waals surface area contributed by atoms with Crippen LogP contribution in [0, 0.1) is 0 Å². The molecule has 0 N–H and O–H groups in total. The fourth-order valence-corrected chi connectivity index (χ4v) is 2.90. The molecule has 0 spiro atoms. The molecule has 0 rings (SSSR count). The van der Waals surface area contributed by atoms with Gasteiger partial charge in [-0.25, -0.2) is 0 Å².